The van der Waals surface area contributed by atoms with E-state index in [-0.39, 0.29) is 18.8 Å². The lowest BCUT2D eigenvalue weighted by Gasteiger charge is -2.26. The van der Waals surface area contributed by atoms with Gasteiger partial charge in [-0.05, 0) is 43.2 Å². The van der Waals surface area contributed by atoms with E-state index in [1.807, 2.05) is 19.9 Å². The molecule has 0 spiro atoms. The zero-order valence-electron chi connectivity index (χ0n) is 17.0. The molecule has 10 heteroatoms. The van der Waals surface area contributed by atoms with Crippen LogP contribution < -0.4 is 0 Å². The van der Waals surface area contributed by atoms with E-state index in [1.165, 1.54) is 6.33 Å². The summed E-state index contributed by atoms with van der Waals surface area (Å²) >= 11 is 11.6. The minimum Gasteiger partial charge on any atom is -0.392 e. The normalized spacial score (nSPS) is 25.2. The summed E-state index contributed by atoms with van der Waals surface area (Å²) in [6.07, 6.45) is 1.29. The van der Waals surface area contributed by atoms with Gasteiger partial charge >= 0.3 is 0 Å². The molecular formula is C21H23Cl2N3O5. The fourth-order valence-corrected chi connectivity index (χ4v) is 4.25. The maximum absolute atomic E-state index is 10.6. The van der Waals surface area contributed by atoms with Crippen LogP contribution in [0.4, 0.5) is 0 Å². The second-order valence-corrected chi connectivity index (χ2v) is 8.58. The molecule has 0 bridgehead atoms. The number of rotatable bonds is 3. The highest BCUT2D eigenvalue weighted by molar-refractivity contribution is 6.33. The molecule has 4 heterocycles. The number of aliphatic hydroxyl groups excluding tert-OH is 2. The number of aromatic nitrogens is 3. The SMILES string of the molecule is CC1(C)OC2COC(C(O)c3ccc(Cl)cc3CO)C2O1.Clc1ncnc2[nH]ccc12. The molecule has 4 unspecified atom stereocenters. The standard InChI is InChI=1S/C15H19ClO5.C6H4ClN3/c1-15(2)20-11-7-19-14(13(11)21-15)12(18)10-4-3-9(16)5-8(10)6-17;7-5-4-1-2-8-6(4)10-3-9-5/h3-5,11-14,17-18H,6-7H2,1-2H3;1-3H,(H,8,9,10). The van der Waals surface area contributed by atoms with Gasteiger partial charge in [-0.2, -0.15) is 0 Å². The van der Waals surface area contributed by atoms with E-state index in [1.54, 1.807) is 24.4 Å². The van der Waals surface area contributed by atoms with Gasteiger partial charge in [-0.3, -0.25) is 0 Å². The van der Waals surface area contributed by atoms with Crippen LogP contribution in [0, 0.1) is 0 Å². The van der Waals surface area contributed by atoms with Crippen LogP contribution >= 0.6 is 23.2 Å². The molecule has 1 aromatic carbocycles. The van der Waals surface area contributed by atoms with Gasteiger partial charge in [0.1, 0.15) is 41.5 Å². The highest BCUT2D eigenvalue weighted by Gasteiger charge is 2.52. The van der Waals surface area contributed by atoms with Crippen LogP contribution in [0.2, 0.25) is 10.2 Å². The molecule has 2 saturated heterocycles. The quantitative estimate of drug-likeness (QED) is 0.506. The Kier molecular flexibility index (Phi) is 6.50. The van der Waals surface area contributed by atoms with Gasteiger partial charge in [0.2, 0.25) is 0 Å². The molecule has 2 aromatic heterocycles. The van der Waals surface area contributed by atoms with Gasteiger partial charge in [0, 0.05) is 11.2 Å². The Labute approximate surface area is 189 Å². The zero-order chi connectivity index (χ0) is 22.2. The Balaban J connectivity index is 0.000000192. The van der Waals surface area contributed by atoms with E-state index in [0.29, 0.717) is 27.9 Å². The smallest absolute Gasteiger partial charge is 0.164 e. The zero-order valence-corrected chi connectivity index (χ0v) is 18.5. The third kappa shape index (κ3) is 4.70. The maximum Gasteiger partial charge on any atom is 0.164 e. The van der Waals surface area contributed by atoms with Gasteiger partial charge in [0.25, 0.3) is 0 Å². The highest BCUT2D eigenvalue weighted by atomic mass is 35.5. The van der Waals surface area contributed by atoms with Crippen LogP contribution in [0.15, 0.2) is 36.8 Å². The average Bonchev–Trinajstić information content (AvgIpc) is 3.42. The molecule has 0 radical (unpaired) electrons. The van der Waals surface area contributed by atoms with Crippen LogP contribution in [-0.2, 0) is 20.8 Å². The number of nitrogens with one attached hydrogen (secondary N) is 1. The van der Waals surface area contributed by atoms with Crippen molar-refractivity contribution in [2.75, 3.05) is 6.61 Å². The molecule has 5 rings (SSSR count). The first-order valence-electron chi connectivity index (χ1n) is 9.77. The number of ether oxygens (including phenoxy) is 3. The van der Waals surface area contributed by atoms with E-state index in [9.17, 15) is 10.2 Å². The van der Waals surface area contributed by atoms with Crippen molar-refractivity contribution in [1.29, 1.82) is 0 Å². The van der Waals surface area contributed by atoms with E-state index < -0.39 is 18.0 Å². The summed E-state index contributed by atoms with van der Waals surface area (Å²) in [4.78, 5) is 10.7. The molecular weight excluding hydrogens is 445 g/mol. The highest BCUT2D eigenvalue weighted by Crippen LogP contribution is 2.40. The van der Waals surface area contributed by atoms with Crippen molar-refractivity contribution < 1.29 is 24.4 Å². The molecule has 2 fully saturated rings. The lowest BCUT2D eigenvalue weighted by molar-refractivity contribution is -0.184. The molecule has 0 aliphatic carbocycles. The number of nitrogens with zero attached hydrogens (tertiary/aromatic N) is 2. The third-order valence-corrected chi connectivity index (χ3v) is 5.75. The van der Waals surface area contributed by atoms with Gasteiger partial charge in [-0.15, -0.1) is 0 Å². The molecule has 8 nitrogen and oxygen atoms in total. The predicted octanol–water partition coefficient (Wildman–Crippen LogP) is 3.40. The van der Waals surface area contributed by atoms with Crippen molar-refractivity contribution in [1.82, 2.24) is 15.0 Å². The summed E-state index contributed by atoms with van der Waals surface area (Å²) in [5, 5.41) is 21.9. The van der Waals surface area contributed by atoms with Crippen molar-refractivity contribution >= 4 is 34.2 Å². The Morgan fingerprint density at radius 2 is 2.03 bits per heavy atom. The summed E-state index contributed by atoms with van der Waals surface area (Å²) < 4.78 is 17.2. The molecule has 2 aliphatic rings. The summed E-state index contributed by atoms with van der Waals surface area (Å²) in [5.41, 5.74) is 1.96. The van der Waals surface area contributed by atoms with Crippen LogP contribution in [0.3, 0.4) is 0 Å². The molecule has 4 atom stereocenters. The number of halogens is 2. The minimum absolute atomic E-state index is 0.176. The first-order valence-corrected chi connectivity index (χ1v) is 10.5. The van der Waals surface area contributed by atoms with E-state index in [2.05, 4.69) is 15.0 Å². The van der Waals surface area contributed by atoms with Crippen molar-refractivity contribution in [3.63, 3.8) is 0 Å². The number of fused-ring (bicyclic) bond motifs is 2. The predicted molar refractivity (Wildman–Crippen MR) is 115 cm³/mol. The number of aliphatic hydroxyl groups is 2. The van der Waals surface area contributed by atoms with Crippen molar-refractivity contribution in [3.05, 3.63) is 58.1 Å². The molecule has 166 valence electrons. The Hall–Kier alpha value is -1.78. The van der Waals surface area contributed by atoms with E-state index >= 15 is 0 Å². The largest absolute Gasteiger partial charge is 0.392 e. The van der Waals surface area contributed by atoms with Crippen molar-refractivity contribution in [2.45, 2.75) is 50.7 Å². The van der Waals surface area contributed by atoms with Gasteiger partial charge in [-0.1, -0.05) is 29.3 Å². The topological polar surface area (TPSA) is 110 Å². The molecule has 3 aromatic rings. The number of hydrogen-bond donors (Lipinski definition) is 3. The summed E-state index contributed by atoms with van der Waals surface area (Å²) in [7, 11) is 0. The Morgan fingerprint density at radius 3 is 2.77 bits per heavy atom. The van der Waals surface area contributed by atoms with E-state index in [4.69, 9.17) is 37.4 Å². The first kappa shape index (κ1) is 22.4. The number of H-pyrrole nitrogens is 1. The van der Waals surface area contributed by atoms with Crippen molar-refractivity contribution in [2.24, 2.45) is 0 Å². The fraction of sp³-hybridized carbons (Fsp3) is 0.429. The monoisotopic (exact) mass is 467 g/mol. The van der Waals surface area contributed by atoms with Crippen LogP contribution in [0.25, 0.3) is 11.0 Å². The Morgan fingerprint density at radius 1 is 1.23 bits per heavy atom. The maximum atomic E-state index is 10.6. The second kappa shape index (κ2) is 8.99. The lowest BCUT2D eigenvalue weighted by atomic mass is 9.95. The van der Waals surface area contributed by atoms with Crippen molar-refractivity contribution in [3.8, 4) is 0 Å². The molecule has 0 amide bonds. The second-order valence-electron chi connectivity index (χ2n) is 7.79. The van der Waals surface area contributed by atoms with Crippen LogP contribution in [0.5, 0.6) is 0 Å². The minimum atomic E-state index is -0.906. The van der Waals surface area contributed by atoms with Gasteiger partial charge in [0.15, 0.2) is 5.79 Å². The molecule has 0 saturated carbocycles. The van der Waals surface area contributed by atoms with Crippen LogP contribution in [-0.4, -0.2) is 55.9 Å². The number of aromatic amines is 1. The number of hydrogen-bond acceptors (Lipinski definition) is 7. The molecule has 3 N–H and O–H groups in total. The third-order valence-electron chi connectivity index (χ3n) is 5.21. The lowest BCUT2D eigenvalue weighted by Crippen LogP contribution is -2.34. The summed E-state index contributed by atoms with van der Waals surface area (Å²) in [6.45, 7) is 3.88. The summed E-state index contributed by atoms with van der Waals surface area (Å²) in [6, 6.07) is 6.87. The first-order chi connectivity index (χ1) is 14.8. The molecule has 2 aliphatic heterocycles. The van der Waals surface area contributed by atoms with E-state index in [0.717, 1.165) is 11.0 Å². The van der Waals surface area contributed by atoms with Crippen LogP contribution in [0.1, 0.15) is 31.1 Å². The fourth-order valence-electron chi connectivity index (χ4n) is 3.86. The summed E-state index contributed by atoms with van der Waals surface area (Å²) in [5.74, 6) is -0.670. The van der Waals surface area contributed by atoms with Gasteiger partial charge in [-0.25, -0.2) is 9.97 Å². The molecule has 31 heavy (non-hydrogen) atoms. The number of benzene rings is 1. The Bertz CT molecular complexity index is 1060. The van der Waals surface area contributed by atoms with Gasteiger partial charge in [0.05, 0.1) is 18.6 Å². The average molecular weight is 468 g/mol. The van der Waals surface area contributed by atoms with Gasteiger partial charge < -0.3 is 29.4 Å².